The van der Waals surface area contributed by atoms with E-state index in [-0.39, 0.29) is 24.2 Å². The van der Waals surface area contributed by atoms with Gasteiger partial charge in [0.2, 0.25) is 0 Å². The minimum atomic E-state index is -0.918. The van der Waals surface area contributed by atoms with Gasteiger partial charge in [-0.15, -0.1) is 0 Å². The first-order valence-electron chi connectivity index (χ1n) is 5.42. The van der Waals surface area contributed by atoms with Crippen molar-refractivity contribution in [3.8, 4) is 0 Å². The molecular formula is C11H16N2O4S. The lowest BCUT2D eigenvalue weighted by atomic mass is 10.1. The van der Waals surface area contributed by atoms with Gasteiger partial charge in [-0.05, 0) is 5.92 Å². The number of carboxylic acids is 1. The Balaban J connectivity index is 2.95. The van der Waals surface area contributed by atoms with Crippen molar-refractivity contribution in [1.82, 2.24) is 9.55 Å². The van der Waals surface area contributed by atoms with Gasteiger partial charge < -0.3 is 14.4 Å². The number of carbonyl (C=O) groups excluding carboxylic acids is 1. The Kier molecular flexibility index (Phi) is 5.21. The van der Waals surface area contributed by atoms with E-state index in [1.165, 1.54) is 7.11 Å². The summed E-state index contributed by atoms with van der Waals surface area (Å²) < 4.78 is 6.32. The fourth-order valence-corrected chi connectivity index (χ4v) is 2.13. The molecule has 1 rings (SSSR count). The summed E-state index contributed by atoms with van der Waals surface area (Å²) in [6, 6.07) is 0. The van der Waals surface area contributed by atoms with Gasteiger partial charge in [0.05, 0.1) is 12.9 Å². The first kappa shape index (κ1) is 14.6. The predicted octanol–water partition coefficient (Wildman–Crippen LogP) is 1.36. The molecule has 0 saturated carbocycles. The van der Waals surface area contributed by atoms with Crippen molar-refractivity contribution in [2.45, 2.75) is 31.5 Å². The number of aromatic nitrogens is 2. The van der Waals surface area contributed by atoms with Gasteiger partial charge in [0, 0.05) is 11.9 Å². The third kappa shape index (κ3) is 3.76. The Morgan fingerprint density at radius 1 is 1.56 bits per heavy atom. The van der Waals surface area contributed by atoms with Crippen LogP contribution < -0.4 is 0 Å². The molecule has 0 radical (unpaired) electrons. The van der Waals surface area contributed by atoms with Gasteiger partial charge in [-0.25, -0.2) is 4.98 Å². The van der Waals surface area contributed by atoms with Crippen LogP contribution in [0, 0.1) is 0 Å². The van der Waals surface area contributed by atoms with Crippen molar-refractivity contribution in [3.05, 3.63) is 11.9 Å². The molecule has 1 aromatic rings. The molecule has 1 N–H and O–H groups in total. The van der Waals surface area contributed by atoms with Crippen molar-refractivity contribution in [3.63, 3.8) is 0 Å². The molecule has 1 heterocycles. The third-order valence-corrected chi connectivity index (χ3v) is 3.26. The third-order valence-electron chi connectivity index (χ3n) is 2.28. The standard InChI is InChI=1S/C11H16N2O4S/c1-7(2)8-4-12-11(18-6-9(14)15)13(8)5-10(16)17-3/h4,7H,5-6H2,1-3H3,(H,14,15). The molecule has 0 aliphatic carbocycles. The molecule has 1 aromatic heterocycles. The van der Waals surface area contributed by atoms with Gasteiger partial charge in [-0.3, -0.25) is 9.59 Å². The zero-order valence-corrected chi connectivity index (χ0v) is 11.4. The Morgan fingerprint density at radius 3 is 2.72 bits per heavy atom. The number of carbonyl (C=O) groups is 2. The van der Waals surface area contributed by atoms with Crippen LogP contribution in [0.15, 0.2) is 11.4 Å². The number of hydrogen-bond donors (Lipinski definition) is 1. The fourth-order valence-electron chi connectivity index (χ4n) is 1.43. The van der Waals surface area contributed by atoms with E-state index < -0.39 is 5.97 Å². The average molecular weight is 272 g/mol. The van der Waals surface area contributed by atoms with Crippen molar-refractivity contribution < 1.29 is 19.4 Å². The Morgan fingerprint density at radius 2 is 2.22 bits per heavy atom. The molecule has 0 saturated heterocycles. The van der Waals surface area contributed by atoms with Crippen LogP contribution in [0.4, 0.5) is 0 Å². The fraction of sp³-hybridized carbons (Fsp3) is 0.545. The maximum Gasteiger partial charge on any atom is 0.325 e. The summed E-state index contributed by atoms with van der Waals surface area (Å²) in [6.45, 7) is 4.01. The molecule has 0 aliphatic rings. The number of esters is 1. The molecule has 6 nitrogen and oxygen atoms in total. The van der Waals surface area contributed by atoms with Crippen molar-refractivity contribution >= 4 is 23.7 Å². The first-order valence-corrected chi connectivity index (χ1v) is 6.41. The van der Waals surface area contributed by atoms with E-state index >= 15 is 0 Å². The van der Waals surface area contributed by atoms with Crippen molar-refractivity contribution in [2.75, 3.05) is 12.9 Å². The highest BCUT2D eigenvalue weighted by Crippen LogP contribution is 2.23. The van der Waals surface area contributed by atoms with Gasteiger partial charge in [0.25, 0.3) is 0 Å². The lowest BCUT2D eigenvalue weighted by molar-refractivity contribution is -0.141. The minimum absolute atomic E-state index is 0.0476. The highest BCUT2D eigenvalue weighted by Gasteiger charge is 2.16. The second-order valence-corrected chi connectivity index (χ2v) is 4.91. The largest absolute Gasteiger partial charge is 0.481 e. The summed E-state index contributed by atoms with van der Waals surface area (Å²) in [7, 11) is 1.32. The maximum absolute atomic E-state index is 11.3. The number of imidazole rings is 1. The van der Waals surface area contributed by atoms with E-state index in [0.717, 1.165) is 17.5 Å². The number of ether oxygens (including phenoxy) is 1. The van der Waals surface area contributed by atoms with E-state index in [0.29, 0.717) is 5.16 Å². The Labute approximate surface area is 109 Å². The van der Waals surface area contributed by atoms with Crippen LogP contribution in [0.2, 0.25) is 0 Å². The number of nitrogens with zero attached hydrogens (tertiary/aromatic N) is 2. The molecule has 7 heteroatoms. The van der Waals surface area contributed by atoms with Crippen LogP contribution in [-0.4, -0.2) is 39.5 Å². The van der Waals surface area contributed by atoms with Crippen molar-refractivity contribution in [1.29, 1.82) is 0 Å². The van der Waals surface area contributed by atoms with Gasteiger partial charge in [-0.1, -0.05) is 25.6 Å². The first-order chi connectivity index (χ1) is 8.45. The number of carboxylic acid groups (broad SMARTS) is 1. The average Bonchev–Trinajstić information content (AvgIpc) is 2.69. The molecule has 0 atom stereocenters. The second-order valence-electron chi connectivity index (χ2n) is 3.97. The van der Waals surface area contributed by atoms with Crippen molar-refractivity contribution in [2.24, 2.45) is 0 Å². The van der Waals surface area contributed by atoms with Gasteiger partial charge >= 0.3 is 11.9 Å². The normalized spacial score (nSPS) is 10.7. The Hall–Kier alpha value is -1.50. The molecule has 0 aromatic carbocycles. The molecule has 0 aliphatic heterocycles. The van der Waals surface area contributed by atoms with E-state index in [2.05, 4.69) is 9.72 Å². The van der Waals surface area contributed by atoms with Crippen LogP contribution in [0.1, 0.15) is 25.5 Å². The highest BCUT2D eigenvalue weighted by molar-refractivity contribution is 7.99. The summed E-state index contributed by atoms with van der Waals surface area (Å²) >= 11 is 1.09. The Bertz CT molecular complexity index is 442. The number of methoxy groups -OCH3 is 1. The molecule has 100 valence electrons. The zero-order valence-electron chi connectivity index (χ0n) is 10.5. The molecular weight excluding hydrogens is 256 g/mol. The SMILES string of the molecule is COC(=O)Cn1c(C(C)C)cnc1SCC(=O)O. The summed E-state index contributed by atoms with van der Waals surface area (Å²) in [6.07, 6.45) is 1.66. The molecule has 0 bridgehead atoms. The number of rotatable bonds is 6. The molecule has 0 unspecified atom stereocenters. The second kappa shape index (κ2) is 6.44. The van der Waals surface area contributed by atoms with Crippen LogP contribution in [0.25, 0.3) is 0 Å². The van der Waals surface area contributed by atoms with E-state index in [4.69, 9.17) is 5.11 Å². The summed E-state index contributed by atoms with van der Waals surface area (Å²) in [5.74, 6) is -1.19. The predicted molar refractivity (Wildman–Crippen MR) is 66.7 cm³/mol. The number of hydrogen-bond acceptors (Lipinski definition) is 5. The summed E-state index contributed by atoms with van der Waals surface area (Å²) in [5.41, 5.74) is 0.883. The van der Waals surface area contributed by atoms with E-state index in [1.807, 2.05) is 13.8 Å². The minimum Gasteiger partial charge on any atom is -0.481 e. The molecule has 0 fully saturated rings. The number of thioether (sulfide) groups is 1. The topological polar surface area (TPSA) is 81.4 Å². The summed E-state index contributed by atoms with van der Waals surface area (Å²) in [5, 5.41) is 9.18. The van der Waals surface area contributed by atoms with Crippen LogP contribution >= 0.6 is 11.8 Å². The lowest BCUT2D eigenvalue weighted by Crippen LogP contribution is -2.15. The molecule has 0 amide bonds. The quantitative estimate of drug-likeness (QED) is 0.622. The zero-order chi connectivity index (χ0) is 13.7. The number of aliphatic carboxylic acids is 1. The molecule has 0 spiro atoms. The van der Waals surface area contributed by atoms with Gasteiger partial charge in [0.15, 0.2) is 5.16 Å². The highest BCUT2D eigenvalue weighted by atomic mass is 32.2. The summed E-state index contributed by atoms with van der Waals surface area (Å²) in [4.78, 5) is 26.1. The van der Waals surface area contributed by atoms with Gasteiger partial charge in [-0.2, -0.15) is 0 Å². The molecule has 18 heavy (non-hydrogen) atoms. The monoisotopic (exact) mass is 272 g/mol. The maximum atomic E-state index is 11.3. The smallest absolute Gasteiger partial charge is 0.325 e. The van der Waals surface area contributed by atoms with Crippen LogP contribution in [0.5, 0.6) is 0 Å². The van der Waals surface area contributed by atoms with E-state index in [1.54, 1.807) is 10.8 Å². The van der Waals surface area contributed by atoms with Crippen LogP contribution in [0.3, 0.4) is 0 Å². The van der Waals surface area contributed by atoms with E-state index in [9.17, 15) is 9.59 Å². The van der Waals surface area contributed by atoms with Gasteiger partial charge in [0.1, 0.15) is 6.54 Å². The van der Waals surface area contributed by atoms with Crippen LogP contribution in [-0.2, 0) is 20.9 Å². The lowest BCUT2D eigenvalue weighted by Gasteiger charge is -2.12.